The summed E-state index contributed by atoms with van der Waals surface area (Å²) in [6.07, 6.45) is 11.2. The van der Waals surface area contributed by atoms with Gasteiger partial charge in [0.1, 0.15) is 0 Å². The van der Waals surface area contributed by atoms with Crippen LogP contribution in [0.4, 0.5) is 0 Å². The number of hydrogen-bond acceptors (Lipinski definition) is 0. The Bertz CT molecular complexity index is 323. The van der Waals surface area contributed by atoms with Crippen molar-refractivity contribution in [1.29, 1.82) is 0 Å². The van der Waals surface area contributed by atoms with Gasteiger partial charge in [-0.1, -0.05) is 39.3 Å². The van der Waals surface area contributed by atoms with Crippen LogP contribution in [0.2, 0.25) is 0 Å². The molecule has 4 aliphatic carbocycles. The summed E-state index contributed by atoms with van der Waals surface area (Å²) < 4.78 is 0. The van der Waals surface area contributed by atoms with Gasteiger partial charge < -0.3 is 0 Å². The molecular weight excluding hydrogens is 192 g/mol. The van der Waals surface area contributed by atoms with E-state index in [-0.39, 0.29) is 0 Å². The molecule has 0 N–H and O–H groups in total. The van der Waals surface area contributed by atoms with Crippen LogP contribution in [0.3, 0.4) is 0 Å². The van der Waals surface area contributed by atoms with Crippen LogP contribution >= 0.6 is 0 Å². The van der Waals surface area contributed by atoms with Crippen molar-refractivity contribution in [3.05, 3.63) is 11.6 Å². The molecule has 0 unspecified atom stereocenters. The zero-order valence-electron chi connectivity index (χ0n) is 11.4. The second-order valence-electron chi connectivity index (χ2n) is 7.94. The van der Waals surface area contributed by atoms with Gasteiger partial charge in [0.2, 0.25) is 0 Å². The lowest BCUT2D eigenvalue weighted by Crippen LogP contribution is -2.65. The Morgan fingerprint density at radius 2 is 1.75 bits per heavy atom. The van der Waals surface area contributed by atoms with E-state index < -0.39 is 0 Å². The molecule has 90 valence electrons. The molecule has 0 amide bonds. The van der Waals surface area contributed by atoms with E-state index in [9.17, 15) is 0 Å². The maximum Gasteiger partial charge on any atom is -0.00717 e. The summed E-state index contributed by atoms with van der Waals surface area (Å²) in [4.78, 5) is 0. The normalized spacial score (nSPS) is 44.7. The molecule has 0 atom stereocenters. The van der Waals surface area contributed by atoms with Gasteiger partial charge >= 0.3 is 0 Å². The van der Waals surface area contributed by atoms with E-state index in [0.717, 1.165) is 11.3 Å². The van der Waals surface area contributed by atoms with Gasteiger partial charge in [-0.2, -0.15) is 0 Å². The molecule has 0 spiro atoms. The predicted octanol–water partition coefficient (Wildman–Crippen LogP) is 4.95. The molecule has 0 heterocycles. The Balaban J connectivity index is 1.72. The van der Waals surface area contributed by atoms with E-state index in [1.54, 1.807) is 0 Å². The fourth-order valence-electron chi connectivity index (χ4n) is 4.54. The predicted molar refractivity (Wildman–Crippen MR) is 69.3 cm³/mol. The first-order chi connectivity index (χ1) is 7.38. The van der Waals surface area contributed by atoms with Crippen LogP contribution in [0.25, 0.3) is 0 Å². The fraction of sp³-hybridized carbons (Fsp3) is 0.875. The van der Waals surface area contributed by atoms with E-state index in [4.69, 9.17) is 0 Å². The molecule has 2 bridgehead atoms. The van der Waals surface area contributed by atoms with E-state index in [0.29, 0.717) is 10.8 Å². The average Bonchev–Trinajstić information content (AvgIpc) is 1.95. The summed E-state index contributed by atoms with van der Waals surface area (Å²) in [5.41, 5.74) is 3.88. The summed E-state index contributed by atoms with van der Waals surface area (Å²) in [5.74, 6) is 0.909. The molecular formula is C16H26. The van der Waals surface area contributed by atoms with Gasteiger partial charge in [-0.25, -0.2) is 0 Å². The highest BCUT2D eigenvalue weighted by atomic mass is 14.7. The van der Waals surface area contributed by atoms with Crippen molar-refractivity contribution in [2.75, 3.05) is 0 Å². The number of rotatable bonds is 2. The van der Waals surface area contributed by atoms with Crippen molar-refractivity contribution < 1.29 is 0 Å². The molecule has 0 aromatic heterocycles. The van der Waals surface area contributed by atoms with Crippen LogP contribution in [-0.2, 0) is 0 Å². The summed E-state index contributed by atoms with van der Waals surface area (Å²) in [6, 6.07) is 0. The van der Waals surface area contributed by atoms with Crippen LogP contribution in [-0.4, -0.2) is 0 Å². The van der Waals surface area contributed by atoms with Crippen LogP contribution < -0.4 is 0 Å². The molecule has 0 aliphatic heterocycles. The highest BCUT2D eigenvalue weighted by Gasteiger charge is 2.69. The van der Waals surface area contributed by atoms with E-state index >= 15 is 0 Å². The lowest BCUT2D eigenvalue weighted by molar-refractivity contribution is -0.208. The largest absolute Gasteiger partial charge is 0.0847 e. The van der Waals surface area contributed by atoms with Gasteiger partial charge in [-0.05, 0) is 60.7 Å². The van der Waals surface area contributed by atoms with Crippen molar-refractivity contribution in [3.8, 4) is 0 Å². The van der Waals surface area contributed by atoms with Gasteiger partial charge in [-0.15, -0.1) is 0 Å². The Morgan fingerprint density at radius 1 is 1.12 bits per heavy atom. The lowest BCUT2D eigenvalue weighted by atomic mass is 9.30. The SMILES string of the molecule is CC(C)C12CC(C3=CCCC(C)(C)C3)(C1)C2. The molecule has 16 heavy (non-hydrogen) atoms. The molecule has 3 saturated carbocycles. The summed E-state index contributed by atoms with van der Waals surface area (Å²) in [6.45, 7) is 9.73. The number of hydrogen-bond donors (Lipinski definition) is 0. The first-order valence-corrected chi connectivity index (χ1v) is 7.07. The Labute approximate surface area is 101 Å². The first kappa shape index (κ1) is 10.9. The first-order valence-electron chi connectivity index (χ1n) is 7.07. The van der Waals surface area contributed by atoms with Gasteiger partial charge in [-0.3, -0.25) is 0 Å². The molecule has 0 aromatic carbocycles. The van der Waals surface area contributed by atoms with Gasteiger partial charge in [0, 0.05) is 0 Å². The molecule has 0 aromatic rings. The standard InChI is InChI=1S/C16H26/c1-12(2)15-9-16(10-15,11-15)13-6-5-7-14(3,4)8-13/h6,12H,5,7-11H2,1-4H3. The summed E-state index contributed by atoms with van der Waals surface area (Å²) in [7, 11) is 0. The Hall–Kier alpha value is -0.260. The van der Waals surface area contributed by atoms with Crippen molar-refractivity contribution in [2.45, 2.75) is 66.2 Å². The highest BCUT2D eigenvalue weighted by Crippen LogP contribution is 2.79. The van der Waals surface area contributed by atoms with Crippen molar-refractivity contribution in [1.82, 2.24) is 0 Å². The molecule has 0 nitrogen and oxygen atoms in total. The maximum atomic E-state index is 2.59. The van der Waals surface area contributed by atoms with Crippen LogP contribution in [0.5, 0.6) is 0 Å². The van der Waals surface area contributed by atoms with Crippen LogP contribution in [0, 0.1) is 22.2 Å². The monoisotopic (exact) mass is 218 g/mol. The average molecular weight is 218 g/mol. The lowest BCUT2D eigenvalue weighted by Gasteiger charge is -2.74. The number of allylic oxidation sites excluding steroid dienone is 2. The minimum atomic E-state index is 0.574. The van der Waals surface area contributed by atoms with Gasteiger partial charge in [0.25, 0.3) is 0 Å². The fourth-order valence-corrected chi connectivity index (χ4v) is 4.54. The second-order valence-corrected chi connectivity index (χ2v) is 7.94. The minimum Gasteiger partial charge on any atom is -0.0847 e. The molecule has 0 heteroatoms. The van der Waals surface area contributed by atoms with E-state index in [1.807, 2.05) is 5.57 Å². The molecule has 0 saturated heterocycles. The molecule has 4 aliphatic rings. The summed E-state index contributed by atoms with van der Waals surface area (Å²) >= 11 is 0. The van der Waals surface area contributed by atoms with Crippen LogP contribution in [0.1, 0.15) is 66.2 Å². The molecule has 0 radical (unpaired) electrons. The Morgan fingerprint density at radius 3 is 2.25 bits per heavy atom. The third kappa shape index (κ3) is 1.28. The van der Waals surface area contributed by atoms with Crippen molar-refractivity contribution in [3.63, 3.8) is 0 Å². The topological polar surface area (TPSA) is 0 Å². The second kappa shape index (κ2) is 2.94. The van der Waals surface area contributed by atoms with Crippen LogP contribution in [0.15, 0.2) is 11.6 Å². The van der Waals surface area contributed by atoms with E-state index in [1.165, 1.54) is 38.5 Å². The quantitative estimate of drug-likeness (QED) is 0.575. The van der Waals surface area contributed by atoms with Crippen molar-refractivity contribution >= 4 is 0 Å². The maximum absolute atomic E-state index is 2.59. The molecule has 3 fully saturated rings. The van der Waals surface area contributed by atoms with E-state index in [2.05, 4.69) is 33.8 Å². The van der Waals surface area contributed by atoms with Gasteiger partial charge in [0.15, 0.2) is 0 Å². The third-order valence-corrected chi connectivity index (χ3v) is 5.86. The summed E-state index contributed by atoms with van der Waals surface area (Å²) in [5, 5.41) is 0. The van der Waals surface area contributed by atoms with Crippen molar-refractivity contribution in [2.24, 2.45) is 22.2 Å². The Kier molecular flexibility index (Phi) is 2.00. The minimum absolute atomic E-state index is 0.574. The van der Waals surface area contributed by atoms with Gasteiger partial charge in [0.05, 0.1) is 0 Å². The molecule has 4 rings (SSSR count). The smallest absolute Gasteiger partial charge is 0.00717 e. The zero-order chi connectivity index (χ0) is 11.6. The third-order valence-electron chi connectivity index (χ3n) is 5.86. The zero-order valence-corrected chi connectivity index (χ0v) is 11.4. The highest BCUT2D eigenvalue weighted by molar-refractivity contribution is 5.34.